The maximum atomic E-state index is 13.4. The number of carbonyl (C=O) groups excluding carboxylic acids is 1. The summed E-state index contributed by atoms with van der Waals surface area (Å²) >= 11 is 5.90. The second-order valence-corrected chi connectivity index (χ2v) is 8.09. The van der Waals surface area contributed by atoms with Crippen molar-refractivity contribution >= 4 is 34.6 Å². The number of nitriles is 1. The molecule has 0 saturated heterocycles. The summed E-state index contributed by atoms with van der Waals surface area (Å²) in [5, 5.41) is 13.7. The van der Waals surface area contributed by atoms with Crippen molar-refractivity contribution in [3.05, 3.63) is 105 Å². The fraction of sp³-hybridized carbons (Fsp3) is 0.111. The Kier molecular flexibility index (Phi) is 7.24. The summed E-state index contributed by atoms with van der Waals surface area (Å²) in [7, 11) is 1.56. The number of rotatable bonds is 7. The lowest BCUT2D eigenvalue weighted by Gasteiger charge is -2.12. The van der Waals surface area contributed by atoms with E-state index in [4.69, 9.17) is 16.3 Å². The molecule has 174 valence electrons. The molecule has 0 spiro atoms. The van der Waals surface area contributed by atoms with Crippen LogP contribution in [0.15, 0.2) is 83.3 Å². The van der Waals surface area contributed by atoms with E-state index >= 15 is 0 Å². The Bertz CT molecular complexity index is 1500. The molecule has 4 aromatic rings. The van der Waals surface area contributed by atoms with Crippen molar-refractivity contribution in [2.45, 2.75) is 6.42 Å². The van der Waals surface area contributed by atoms with Gasteiger partial charge in [-0.1, -0.05) is 23.7 Å². The zero-order valence-corrected chi connectivity index (χ0v) is 19.6. The predicted molar refractivity (Wildman–Crippen MR) is 136 cm³/mol. The van der Waals surface area contributed by atoms with Crippen molar-refractivity contribution in [1.29, 1.82) is 5.26 Å². The average Bonchev–Trinajstić information content (AvgIpc) is 2.88. The van der Waals surface area contributed by atoms with Crippen LogP contribution in [-0.2, 0) is 11.2 Å². The van der Waals surface area contributed by atoms with Crippen molar-refractivity contribution in [2.75, 3.05) is 13.7 Å². The predicted octanol–water partition coefficient (Wildman–Crippen LogP) is 4.31. The van der Waals surface area contributed by atoms with Crippen LogP contribution >= 0.6 is 11.6 Å². The number of aromatic nitrogens is 2. The lowest BCUT2D eigenvalue weighted by atomic mass is 10.1. The number of hydrogen-bond donors (Lipinski definition) is 1. The Balaban J connectivity index is 1.65. The van der Waals surface area contributed by atoms with E-state index in [0.29, 0.717) is 40.5 Å². The fourth-order valence-corrected chi connectivity index (χ4v) is 3.73. The second-order valence-electron chi connectivity index (χ2n) is 7.66. The van der Waals surface area contributed by atoms with Crippen LogP contribution in [-0.4, -0.2) is 29.1 Å². The van der Waals surface area contributed by atoms with Gasteiger partial charge in [0.05, 0.1) is 12.8 Å². The molecule has 0 aliphatic heterocycles. The van der Waals surface area contributed by atoms with Crippen LogP contribution in [0.1, 0.15) is 11.1 Å². The number of amides is 1. The summed E-state index contributed by atoms with van der Waals surface area (Å²) in [5.41, 5.74) is 1.68. The van der Waals surface area contributed by atoms with Crippen LogP contribution in [0.5, 0.6) is 5.75 Å². The van der Waals surface area contributed by atoms with E-state index in [-0.39, 0.29) is 11.1 Å². The molecule has 0 aliphatic carbocycles. The van der Waals surface area contributed by atoms with E-state index in [2.05, 4.69) is 10.3 Å². The summed E-state index contributed by atoms with van der Waals surface area (Å²) in [4.78, 5) is 30.5. The molecule has 0 atom stereocenters. The SMILES string of the molecule is COc1ccc(-n2c(=O)c(C=C(C#N)C(=O)NCCc3ccc(Cl)cc3)cc3cccnc32)cc1. The van der Waals surface area contributed by atoms with E-state index in [0.717, 1.165) is 5.56 Å². The molecule has 1 N–H and O–H groups in total. The highest BCUT2D eigenvalue weighted by molar-refractivity contribution is 6.30. The number of pyridine rings is 2. The quantitative estimate of drug-likeness (QED) is 0.311. The molecule has 0 radical (unpaired) electrons. The molecule has 0 unspecified atom stereocenters. The van der Waals surface area contributed by atoms with E-state index < -0.39 is 11.5 Å². The molecule has 0 aliphatic rings. The zero-order chi connectivity index (χ0) is 24.8. The third-order valence-corrected chi connectivity index (χ3v) is 5.65. The van der Waals surface area contributed by atoms with E-state index in [9.17, 15) is 14.9 Å². The van der Waals surface area contributed by atoms with Crippen LogP contribution in [0.25, 0.3) is 22.8 Å². The molecule has 2 heterocycles. The van der Waals surface area contributed by atoms with Gasteiger partial charge in [-0.25, -0.2) is 4.98 Å². The number of fused-ring (bicyclic) bond motifs is 1. The monoisotopic (exact) mass is 484 g/mol. The third kappa shape index (κ3) is 5.40. The Hall–Kier alpha value is -4.41. The first-order chi connectivity index (χ1) is 17.0. The van der Waals surface area contributed by atoms with Gasteiger partial charge in [-0.2, -0.15) is 5.26 Å². The van der Waals surface area contributed by atoms with Gasteiger partial charge < -0.3 is 10.1 Å². The lowest BCUT2D eigenvalue weighted by Crippen LogP contribution is -2.27. The van der Waals surface area contributed by atoms with Gasteiger partial charge in [0.2, 0.25) is 0 Å². The van der Waals surface area contributed by atoms with Gasteiger partial charge in [-0.15, -0.1) is 0 Å². The molecule has 35 heavy (non-hydrogen) atoms. The minimum atomic E-state index is -0.553. The molecule has 0 fully saturated rings. The van der Waals surface area contributed by atoms with Crippen LogP contribution in [0.3, 0.4) is 0 Å². The van der Waals surface area contributed by atoms with Crippen molar-refractivity contribution in [2.24, 2.45) is 0 Å². The molecule has 2 aromatic heterocycles. The summed E-state index contributed by atoms with van der Waals surface area (Å²) in [6, 6.07) is 21.4. The molecule has 8 heteroatoms. The summed E-state index contributed by atoms with van der Waals surface area (Å²) < 4.78 is 6.66. The van der Waals surface area contributed by atoms with Gasteiger partial charge in [-0.3, -0.25) is 14.2 Å². The Labute approximate surface area is 206 Å². The maximum Gasteiger partial charge on any atom is 0.264 e. The molecule has 7 nitrogen and oxygen atoms in total. The van der Waals surface area contributed by atoms with Crippen molar-refractivity contribution in [3.63, 3.8) is 0 Å². The van der Waals surface area contributed by atoms with Gasteiger partial charge in [0.25, 0.3) is 11.5 Å². The van der Waals surface area contributed by atoms with Crippen LogP contribution < -0.4 is 15.6 Å². The molecule has 0 bridgehead atoms. The molecular formula is C27H21ClN4O3. The molecule has 4 rings (SSSR count). The number of nitrogens with one attached hydrogen (secondary N) is 1. The van der Waals surface area contributed by atoms with Crippen molar-refractivity contribution in [3.8, 4) is 17.5 Å². The number of carbonyl (C=O) groups is 1. The van der Waals surface area contributed by atoms with Crippen LogP contribution in [0.4, 0.5) is 0 Å². The summed E-state index contributed by atoms with van der Waals surface area (Å²) in [6.45, 7) is 0.331. The lowest BCUT2D eigenvalue weighted by molar-refractivity contribution is -0.117. The fourth-order valence-electron chi connectivity index (χ4n) is 3.61. The average molecular weight is 485 g/mol. The van der Waals surface area contributed by atoms with Gasteiger partial charge in [-0.05, 0) is 72.7 Å². The highest BCUT2D eigenvalue weighted by Crippen LogP contribution is 2.19. The summed E-state index contributed by atoms with van der Waals surface area (Å²) in [5.74, 6) is 0.0975. The maximum absolute atomic E-state index is 13.4. The second kappa shape index (κ2) is 10.7. The standard InChI is InChI=1S/C27H21ClN4O3/c1-35-24-10-8-23(9-11-24)32-25-19(3-2-13-30-25)15-20(27(32)34)16-21(17-29)26(33)31-14-12-18-4-6-22(28)7-5-18/h2-11,13,15-16H,12,14H2,1H3,(H,31,33). The number of benzene rings is 2. The molecule has 0 saturated carbocycles. The topological polar surface area (TPSA) is 97.0 Å². The largest absolute Gasteiger partial charge is 0.497 e. The number of ether oxygens (including phenoxy) is 1. The van der Waals surface area contributed by atoms with Crippen molar-refractivity contribution < 1.29 is 9.53 Å². The van der Waals surface area contributed by atoms with Gasteiger partial charge >= 0.3 is 0 Å². The smallest absolute Gasteiger partial charge is 0.264 e. The van der Waals surface area contributed by atoms with Crippen LogP contribution in [0.2, 0.25) is 5.02 Å². The normalized spacial score (nSPS) is 11.2. The minimum Gasteiger partial charge on any atom is -0.497 e. The number of hydrogen-bond acceptors (Lipinski definition) is 5. The first-order valence-corrected chi connectivity index (χ1v) is 11.2. The number of nitrogens with zero attached hydrogens (tertiary/aromatic N) is 3. The minimum absolute atomic E-state index is 0.164. The highest BCUT2D eigenvalue weighted by Gasteiger charge is 2.14. The number of halogens is 1. The van der Waals surface area contributed by atoms with Crippen molar-refractivity contribution in [1.82, 2.24) is 14.9 Å². The van der Waals surface area contributed by atoms with E-state index in [1.54, 1.807) is 61.8 Å². The number of methoxy groups -OCH3 is 1. The Morgan fingerprint density at radius 1 is 1.17 bits per heavy atom. The highest BCUT2D eigenvalue weighted by atomic mass is 35.5. The summed E-state index contributed by atoms with van der Waals surface area (Å²) in [6.07, 6.45) is 3.49. The van der Waals surface area contributed by atoms with E-state index in [1.807, 2.05) is 24.3 Å². The first-order valence-electron chi connectivity index (χ1n) is 10.8. The molecule has 2 aromatic carbocycles. The van der Waals surface area contributed by atoms with Gasteiger partial charge in [0.15, 0.2) is 0 Å². The van der Waals surface area contributed by atoms with E-state index in [1.165, 1.54) is 10.6 Å². The van der Waals surface area contributed by atoms with Gasteiger partial charge in [0, 0.05) is 28.7 Å². The van der Waals surface area contributed by atoms with Gasteiger partial charge in [0.1, 0.15) is 23.0 Å². The van der Waals surface area contributed by atoms with Crippen LogP contribution in [0, 0.1) is 11.3 Å². The third-order valence-electron chi connectivity index (χ3n) is 5.40. The Morgan fingerprint density at radius 3 is 2.60 bits per heavy atom. The molecule has 1 amide bonds. The zero-order valence-electron chi connectivity index (χ0n) is 18.9. The molecular weight excluding hydrogens is 464 g/mol. The first kappa shape index (κ1) is 23.7. The Morgan fingerprint density at radius 2 is 1.91 bits per heavy atom.